The summed E-state index contributed by atoms with van der Waals surface area (Å²) < 4.78 is 15.4. The number of ether oxygens (including phenoxy) is 3. The summed E-state index contributed by atoms with van der Waals surface area (Å²) in [5.41, 5.74) is 2.48. The topological polar surface area (TPSA) is 60.9 Å². The van der Waals surface area contributed by atoms with Crippen LogP contribution in [0, 0.1) is 76.9 Å². The summed E-state index contributed by atoms with van der Waals surface area (Å²) in [6, 6.07) is 14.8. The third-order valence-electron chi connectivity index (χ3n) is 14.3. The van der Waals surface area contributed by atoms with E-state index in [0.717, 1.165) is 111 Å². The molecule has 0 spiro atoms. The van der Waals surface area contributed by atoms with Gasteiger partial charge >= 0.3 is 6.09 Å². The second-order valence-corrected chi connectivity index (χ2v) is 28.4. The lowest BCUT2D eigenvalue weighted by Gasteiger charge is -2.40. The van der Waals surface area contributed by atoms with Gasteiger partial charge in [-0.25, -0.2) is 4.79 Å². The zero-order chi connectivity index (χ0) is 58.2. The van der Waals surface area contributed by atoms with Gasteiger partial charge in [0, 0.05) is 37.3 Å². The van der Waals surface area contributed by atoms with Gasteiger partial charge in [-0.15, -0.1) is 0 Å². The number of aryl methyl sites for hydroxylation is 2. The molecule has 2 aromatic rings. The van der Waals surface area contributed by atoms with Gasteiger partial charge in [-0.05, 0) is 167 Å². The number of hydrogen-bond acceptors (Lipinski definition) is 5. The Bertz CT molecular complexity index is 1510. The number of carbonyl (C=O) groups is 1. The minimum atomic E-state index is -0.375. The average Bonchev–Trinajstić information content (AvgIpc) is 4.10. The molecule has 5 fully saturated rings. The van der Waals surface area contributed by atoms with Crippen molar-refractivity contribution in [3.63, 3.8) is 0 Å². The van der Waals surface area contributed by atoms with E-state index in [0.29, 0.717) is 5.92 Å². The molecule has 0 radical (unpaired) electrons. The van der Waals surface area contributed by atoms with Crippen LogP contribution in [-0.2, 0) is 27.1 Å². The second-order valence-electron chi connectivity index (χ2n) is 28.4. The van der Waals surface area contributed by atoms with Crippen LogP contribution >= 0.6 is 0 Å². The summed E-state index contributed by atoms with van der Waals surface area (Å²) in [6.07, 6.45) is 29.9. The molecule has 1 amide bonds. The number of hydrogen-bond donors (Lipinski definition) is 0. The van der Waals surface area contributed by atoms with Crippen molar-refractivity contribution in [1.29, 1.82) is 0 Å². The Morgan fingerprint density at radius 3 is 1.26 bits per heavy atom. The second kappa shape index (κ2) is 45.2. The molecule has 3 saturated heterocycles. The Morgan fingerprint density at radius 2 is 0.935 bits per heavy atom. The van der Waals surface area contributed by atoms with Crippen LogP contribution < -0.4 is 0 Å². The molecule has 2 saturated carbocycles. The lowest BCUT2D eigenvalue weighted by Crippen LogP contribution is -2.51. The standard InChI is InChI=1S/C12H23NO2.C11H16.C10H15N.C8H16O.C8H16.C8H18.C7H14O.C7H14/c1-9(2)6-10-7-13(8-10)11(14)15-12(3,4)5;1-10(2)8-9-11-6-4-3-5-7-11;1-9(2)3-4-10-5-7-11-8-6-10;1-7(2)3-4-8-5-9-6-8;1-7(2)6-8-4-3-5-8;1-4-5-6-7-8(2)3;1-6(2)3-7-4-8-5-7;1-6(2)5-7-3-4-7/h9-10H,6-8H2,1-5H3;3-7,10H,8-9H2,1-2H3;5-9H,3-4H2,1-2H3;7-8H,3-6H2,1-2H3;7-8H,3-6H2,1-2H3;8H,4-7H2,1-3H3;6-7H,3-5H2,1-2H3;6-7H,3-5H2,1-2H3. The van der Waals surface area contributed by atoms with E-state index in [1.165, 1.54) is 133 Å². The highest BCUT2D eigenvalue weighted by molar-refractivity contribution is 5.69. The molecule has 3 aliphatic heterocycles. The lowest BCUT2D eigenvalue weighted by atomic mass is 9.80. The maximum absolute atomic E-state index is 11.6. The summed E-state index contributed by atoms with van der Waals surface area (Å²) in [7, 11) is 0. The van der Waals surface area contributed by atoms with Crippen molar-refractivity contribution in [3.8, 4) is 0 Å². The number of pyridine rings is 1. The van der Waals surface area contributed by atoms with Gasteiger partial charge in [0.05, 0.1) is 26.4 Å². The van der Waals surface area contributed by atoms with Crippen molar-refractivity contribution < 1.29 is 19.0 Å². The van der Waals surface area contributed by atoms with Crippen molar-refractivity contribution in [1.82, 2.24) is 9.88 Å². The zero-order valence-electron chi connectivity index (χ0n) is 54.9. The molecule has 4 heterocycles. The Hall–Kier alpha value is -2.44. The largest absolute Gasteiger partial charge is 0.444 e. The minimum absolute atomic E-state index is 0.164. The predicted molar refractivity (Wildman–Crippen MR) is 338 cm³/mol. The lowest BCUT2D eigenvalue weighted by molar-refractivity contribution is -0.0406. The van der Waals surface area contributed by atoms with Crippen LogP contribution in [0.5, 0.6) is 0 Å². The highest BCUT2D eigenvalue weighted by Gasteiger charge is 2.33. The molecule has 6 nitrogen and oxygen atoms in total. The van der Waals surface area contributed by atoms with Crippen LogP contribution in [0.1, 0.15) is 259 Å². The Labute approximate surface area is 481 Å². The van der Waals surface area contributed by atoms with Crippen molar-refractivity contribution in [2.24, 2.45) is 76.9 Å². The molecule has 1 aromatic heterocycles. The number of amides is 1. The van der Waals surface area contributed by atoms with E-state index >= 15 is 0 Å². The van der Waals surface area contributed by atoms with Crippen molar-refractivity contribution in [3.05, 3.63) is 66.0 Å². The number of likely N-dealkylation sites (tertiary alicyclic amines) is 1. The van der Waals surface area contributed by atoms with Gasteiger partial charge in [0.1, 0.15) is 5.60 Å². The van der Waals surface area contributed by atoms with Gasteiger partial charge in [-0.2, -0.15) is 0 Å². The normalized spacial score (nSPS) is 16.3. The fourth-order valence-electron chi connectivity index (χ4n) is 9.29. The minimum Gasteiger partial charge on any atom is -0.444 e. The Morgan fingerprint density at radius 1 is 0.519 bits per heavy atom. The SMILES string of the molecule is CC(C)CC1CC1.CC(C)CC1CCC1.CC(C)CC1CN(C(=O)OC(C)(C)C)C1.CC(C)CC1COC1.CC(C)CCC1COC1.CC(C)CCc1ccccc1.CC(C)CCc1ccncc1.CCCCCC(C)C. The summed E-state index contributed by atoms with van der Waals surface area (Å²) in [5, 5.41) is 0. The molecule has 7 rings (SSSR count). The molecule has 1 aromatic carbocycles. The number of carbonyl (C=O) groups excluding carboxylic acids is 1. The van der Waals surface area contributed by atoms with Crippen LogP contribution in [0.3, 0.4) is 0 Å². The fraction of sp³-hybridized carbons (Fsp3) is 0.831. The monoisotopic (exact) mass is 1080 g/mol. The Kier molecular flexibility index (Phi) is 43.8. The summed E-state index contributed by atoms with van der Waals surface area (Å²) in [5.74, 6) is 11.5. The smallest absolute Gasteiger partial charge is 0.410 e. The first-order chi connectivity index (χ1) is 36.3. The molecule has 0 atom stereocenters. The van der Waals surface area contributed by atoms with Crippen LogP contribution in [0.2, 0.25) is 0 Å². The molecule has 0 N–H and O–H groups in total. The molecule has 77 heavy (non-hydrogen) atoms. The number of benzene rings is 1. The first-order valence-corrected chi connectivity index (χ1v) is 32.3. The van der Waals surface area contributed by atoms with Crippen LogP contribution in [0.15, 0.2) is 54.9 Å². The molecule has 0 unspecified atom stereocenters. The van der Waals surface area contributed by atoms with Gasteiger partial charge in [0.2, 0.25) is 0 Å². The van der Waals surface area contributed by atoms with E-state index < -0.39 is 0 Å². The summed E-state index contributed by atoms with van der Waals surface area (Å²) in [6.45, 7) is 50.1. The van der Waals surface area contributed by atoms with Gasteiger partial charge < -0.3 is 19.1 Å². The number of unbranched alkanes of at least 4 members (excludes halogenated alkanes) is 2. The van der Waals surface area contributed by atoms with Crippen LogP contribution in [0.25, 0.3) is 0 Å². The number of nitrogens with zero attached hydrogens (tertiary/aromatic N) is 2. The maximum atomic E-state index is 11.6. The number of rotatable bonds is 21. The van der Waals surface area contributed by atoms with E-state index in [-0.39, 0.29) is 11.7 Å². The third kappa shape index (κ3) is 49.1. The van der Waals surface area contributed by atoms with Crippen molar-refractivity contribution in [2.75, 3.05) is 39.5 Å². The summed E-state index contributed by atoms with van der Waals surface area (Å²) in [4.78, 5) is 17.3. The maximum Gasteiger partial charge on any atom is 0.410 e. The molecule has 2 aliphatic carbocycles. The van der Waals surface area contributed by atoms with E-state index in [1.54, 1.807) is 4.90 Å². The molecule has 450 valence electrons. The third-order valence-corrected chi connectivity index (χ3v) is 14.3. The Balaban J connectivity index is 0.000000867. The van der Waals surface area contributed by atoms with E-state index in [1.807, 2.05) is 33.2 Å². The first-order valence-electron chi connectivity index (χ1n) is 32.3. The number of aromatic nitrogens is 1. The quantitative estimate of drug-likeness (QED) is 0.117. The van der Waals surface area contributed by atoms with Crippen molar-refractivity contribution >= 4 is 6.09 Å². The van der Waals surface area contributed by atoms with Gasteiger partial charge in [-0.3, -0.25) is 4.98 Å². The van der Waals surface area contributed by atoms with E-state index in [4.69, 9.17) is 14.2 Å². The van der Waals surface area contributed by atoms with Gasteiger partial charge in [0.25, 0.3) is 0 Å². The van der Waals surface area contributed by atoms with Gasteiger partial charge in [0.15, 0.2) is 0 Å². The van der Waals surface area contributed by atoms with Gasteiger partial charge in [-0.1, -0.05) is 212 Å². The molecule has 6 heteroatoms. The molecule has 5 aliphatic rings. The highest BCUT2D eigenvalue weighted by atomic mass is 16.6. The van der Waals surface area contributed by atoms with Crippen LogP contribution in [0.4, 0.5) is 4.79 Å². The zero-order valence-corrected chi connectivity index (χ0v) is 54.9. The van der Waals surface area contributed by atoms with E-state index in [2.05, 4.69) is 165 Å². The molecular formula is C71H132N2O4. The molecule has 0 bridgehead atoms. The predicted octanol–water partition coefficient (Wildman–Crippen LogP) is 21.1. The summed E-state index contributed by atoms with van der Waals surface area (Å²) >= 11 is 0. The average molecular weight is 1080 g/mol. The van der Waals surface area contributed by atoms with Crippen LogP contribution in [-0.4, -0.2) is 61.1 Å². The van der Waals surface area contributed by atoms with Crippen molar-refractivity contribution in [2.45, 2.75) is 266 Å². The van der Waals surface area contributed by atoms with E-state index in [9.17, 15) is 4.79 Å². The molecular weight excluding hydrogens is 945 g/mol. The highest BCUT2D eigenvalue weighted by Crippen LogP contribution is 2.35. The first kappa shape index (κ1) is 74.6. The fourth-order valence-corrected chi connectivity index (χ4v) is 9.29.